The van der Waals surface area contributed by atoms with Crippen molar-refractivity contribution < 1.29 is 4.74 Å². The number of hydrogen-bond donors (Lipinski definition) is 0. The molecule has 1 aliphatic heterocycles. The third-order valence-corrected chi connectivity index (χ3v) is 5.80. The summed E-state index contributed by atoms with van der Waals surface area (Å²) in [6, 6.07) is 18.5. The van der Waals surface area contributed by atoms with E-state index in [1.54, 1.807) is 6.08 Å². The van der Waals surface area contributed by atoms with Crippen molar-refractivity contribution in [2.75, 3.05) is 0 Å². The Morgan fingerprint density at radius 2 is 2.03 bits per heavy atom. The van der Waals surface area contributed by atoms with Crippen LogP contribution in [-0.4, -0.2) is 14.5 Å². The summed E-state index contributed by atoms with van der Waals surface area (Å²) in [6.07, 6.45) is 4.29. The molecule has 1 aliphatic rings. The van der Waals surface area contributed by atoms with E-state index in [-0.39, 0.29) is 0 Å². The highest BCUT2D eigenvalue weighted by molar-refractivity contribution is 5.86. The molecular weight excluding hydrogens is 384 g/mol. The van der Waals surface area contributed by atoms with Crippen molar-refractivity contribution >= 4 is 16.7 Å². The summed E-state index contributed by atoms with van der Waals surface area (Å²) >= 11 is 0. The molecule has 0 spiro atoms. The quantitative estimate of drug-likeness (QED) is 0.439. The minimum Gasteiger partial charge on any atom is -0.488 e. The van der Waals surface area contributed by atoms with Gasteiger partial charge in [0.15, 0.2) is 5.65 Å². The number of aromatic nitrogens is 3. The molecule has 0 saturated heterocycles. The van der Waals surface area contributed by atoms with E-state index in [1.165, 1.54) is 0 Å². The highest BCUT2D eigenvalue weighted by atomic mass is 16.5. The van der Waals surface area contributed by atoms with E-state index in [1.807, 2.05) is 36.5 Å². The van der Waals surface area contributed by atoms with Gasteiger partial charge in [0.2, 0.25) is 0 Å². The van der Waals surface area contributed by atoms with Crippen molar-refractivity contribution in [3.8, 4) is 11.8 Å². The maximum Gasteiger partial charge on any atom is 0.160 e. The lowest BCUT2D eigenvalue weighted by Crippen LogP contribution is -2.06. The van der Waals surface area contributed by atoms with Gasteiger partial charge in [0, 0.05) is 29.8 Å². The zero-order valence-electron chi connectivity index (χ0n) is 17.6. The van der Waals surface area contributed by atoms with Crippen LogP contribution in [0.1, 0.15) is 40.6 Å². The van der Waals surface area contributed by atoms with Gasteiger partial charge in [-0.1, -0.05) is 37.3 Å². The molecule has 0 aliphatic carbocycles. The molecular formula is C26H22N4O. The maximum atomic E-state index is 9.38. The van der Waals surface area contributed by atoms with Gasteiger partial charge in [-0.3, -0.25) is 0 Å². The van der Waals surface area contributed by atoms with Crippen LogP contribution in [-0.2, 0) is 19.6 Å². The van der Waals surface area contributed by atoms with Gasteiger partial charge in [-0.05, 0) is 47.4 Å². The lowest BCUT2D eigenvalue weighted by Gasteiger charge is -2.12. The van der Waals surface area contributed by atoms with Crippen molar-refractivity contribution in [3.63, 3.8) is 0 Å². The molecule has 5 heteroatoms. The smallest absolute Gasteiger partial charge is 0.160 e. The first kappa shape index (κ1) is 19.1. The van der Waals surface area contributed by atoms with Gasteiger partial charge >= 0.3 is 0 Å². The molecule has 0 saturated carbocycles. The van der Waals surface area contributed by atoms with Crippen LogP contribution < -0.4 is 4.74 Å². The van der Waals surface area contributed by atoms with Crippen LogP contribution in [0.2, 0.25) is 0 Å². The summed E-state index contributed by atoms with van der Waals surface area (Å²) < 4.78 is 8.29. The Hall–Kier alpha value is -3.91. The third-order valence-electron chi connectivity index (χ3n) is 5.80. The number of allylic oxidation sites excluding steroid dienone is 1. The van der Waals surface area contributed by atoms with E-state index in [2.05, 4.69) is 47.7 Å². The van der Waals surface area contributed by atoms with E-state index >= 15 is 0 Å². The molecule has 0 N–H and O–H groups in total. The lowest BCUT2D eigenvalue weighted by molar-refractivity contribution is 0.307. The van der Waals surface area contributed by atoms with Crippen LogP contribution in [0.15, 0.2) is 60.8 Å². The Labute approximate surface area is 181 Å². The number of pyridine rings is 1. The zero-order valence-corrected chi connectivity index (χ0v) is 17.6. The number of ether oxygens (including phenoxy) is 1. The topological polar surface area (TPSA) is 63.7 Å². The van der Waals surface area contributed by atoms with Crippen molar-refractivity contribution in [1.82, 2.24) is 14.5 Å². The van der Waals surface area contributed by atoms with Crippen LogP contribution >= 0.6 is 0 Å². The van der Waals surface area contributed by atoms with Crippen LogP contribution in [0.25, 0.3) is 16.7 Å². The molecule has 5 rings (SSSR count). The Morgan fingerprint density at radius 3 is 2.87 bits per heavy atom. The average molecular weight is 406 g/mol. The van der Waals surface area contributed by atoms with Crippen LogP contribution in [0.5, 0.6) is 5.75 Å². The van der Waals surface area contributed by atoms with Gasteiger partial charge < -0.3 is 9.30 Å². The average Bonchev–Trinajstić information content (AvgIpc) is 3.07. The lowest BCUT2D eigenvalue weighted by atomic mass is 9.93. The van der Waals surface area contributed by atoms with Crippen molar-refractivity contribution in [2.24, 2.45) is 0 Å². The largest absolute Gasteiger partial charge is 0.488 e. The maximum absolute atomic E-state index is 9.38. The monoisotopic (exact) mass is 406 g/mol. The second-order valence-electron chi connectivity index (χ2n) is 7.73. The zero-order chi connectivity index (χ0) is 21.4. The van der Waals surface area contributed by atoms with E-state index in [0.717, 1.165) is 62.5 Å². The molecule has 5 nitrogen and oxygen atoms in total. The predicted octanol–water partition coefficient (Wildman–Crippen LogP) is 5.20. The van der Waals surface area contributed by atoms with Crippen molar-refractivity contribution in [2.45, 2.75) is 33.4 Å². The number of fused-ring (bicyclic) bond motifs is 3. The molecule has 3 heterocycles. The van der Waals surface area contributed by atoms with Gasteiger partial charge in [-0.15, -0.1) is 0 Å². The highest BCUT2D eigenvalue weighted by Gasteiger charge is 2.20. The Bertz CT molecular complexity index is 1370. The normalized spacial score (nSPS) is 13.9. The minimum atomic E-state index is 0.464. The molecule has 0 unspecified atom stereocenters. The standard InChI is InChI=1S/C26H22N4O/c1-3-24-29-25-17(2)11-13-28-26(25)30(24)15-18-8-9-20-19(14-18)16-31-23-7-5-4-6-22(23)21(20)10-12-27/h4-11,13-14H,3,15-16H2,1-2H3/b21-10-. The molecule has 0 radical (unpaired) electrons. The highest BCUT2D eigenvalue weighted by Crippen LogP contribution is 2.37. The number of aryl methyl sites for hydroxylation is 2. The van der Waals surface area contributed by atoms with Gasteiger partial charge in [0.1, 0.15) is 23.7 Å². The number of benzene rings is 2. The Balaban J connectivity index is 1.58. The number of rotatable bonds is 3. The second-order valence-corrected chi connectivity index (χ2v) is 7.73. The van der Waals surface area contributed by atoms with Gasteiger partial charge in [-0.25, -0.2) is 9.97 Å². The van der Waals surface area contributed by atoms with E-state index in [0.29, 0.717) is 13.2 Å². The van der Waals surface area contributed by atoms with Crippen LogP contribution in [0, 0.1) is 18.3 Å². The number of hydrogen-bond acceptors (Lipinski definition) is 4. The summed E-state index contributed by atoms with van der Waals surface area (Å²) in [5, 5.41) is 9.38. The second kappa shape index (κ2) is 7.73. The van der Waals surface area contributed by atoms with E-state index in [4.69, 9.17) is 9.72 Å². The minimum absolute atomic E-state index is 0.464. The number of imidazole rings is 1. The van der Waals surface area contributed by atoms with Crippen molar-refractivity contribution in [1.29, 1.82) is 5.26 Å². The summed E-state index contributed by atoms with van der Waals surface area (Å²) in [7, 11) is 0. The first-order chi connectivity index (χ1) is 15.2. The molecule has 152 valence electrons. The van der Waals surface area contributed by atoms with Gasteiger partial charge in [0.05, 0.1) is 12.6 Å². The summed E-state index contributed by atoms with van der Waals surface area (Å²) in [4.78, 5) is 9.43. The fourth-order valence-electron chi connectivity index (χ4n) is 4.27. The first-order valence-electron chi connectivity index (χ1n) is 10.4. The molecule has 31 heavy (non-hydrogen) atoms. The van der Waals surface area contributed by atoms with Gasteiger partial charge in [0.25, 0.3) is 0 Å². The molecule has 4 aromatic rings. The summed E-state index contributed by atoms with van der Waals surface area (Å²) in [5.41, 5.74) is 8.13. The van der Waals surface area contributed by atoms with E-state index in [9.17, 15) is 5.26 Å². The van der Waals surface area contributed by atoms with Crippen LogP contribution in [0.3, 0.4) is 0 Å². The Kier molecular flexibility index (Phi) is 4.76. The number of para-hydroxylation sites is 1. The SMILES string of the molecule is CCc1nc2c(C)ccnc2n1Cc1ccc2c(c1)COc1ccccc1/C2=C\C#N. The molecule has 2 aromatic heterocycles. The summed E-state index contributed by atoms with van der Waals surface area (Å²) in [5.74, 6) is 1.83. The Morgan fingerprint density at radius 1 is 1.16 bits per heavy atom. The molecule has 0 amide bonds. The fourth-order valence-corrected chi connectivity index (χ4v) is 4.27. The molecule has 2 aromatic carbocycles. The third kappa shape index (κ3) is 3.27. The molecule has 0 fully saturated rings. The first-order valence-corrected chi connectivity index (χ1v) is 10.4. The van der Waals surface area contributed by atoms with Gasteiger partial charge in [-0.2, -0.15) is 5.26 Å². The number of nitriles is 1. The van der Waals surface area contributed by atoms with E-state index < -0.39 is 0 Å². The fraction of sp³-hybridized carbons (Fsp3) is 0.192. The molecule has 0 atom stereocenters. The number of nitrogens with zero attached hydrogens (tertiary/aromatic N) is 4. The molecule has 0 bridgehead atoms. The van der Waals surface area contributed by atoms with Crippen molar-refractivity contribution in [3.05, 3.63) is 94.4 Å². The summed E-state index contributed by atoms with van der Waals surface area (Å²) in [6.45, 7) is 5.34. The van der Waals surface area contributed by atoms with Crippen LogP contribution in [0.4, 0.5) is 0 Å². The predicted molar refractivity (Wildman–Crippen MR) is 121 cm³/mol.